The lowest BCUT2D eigenvalue weighted by atomic mass is 9.94. The summed E-state index contributed by atoms with van der Waals surface area (Å²) < 4.78 is 24.0. The Labute approximate surface area is 145 Å². The van der Waals surface area contributed by atoms with E-state index in [1.807, 2.05) is 0 Å². The number of amides is 1. The third kappa shape index (κ3) is 4.30. The summed E-state index contributed by atoms with van der Waals surface area (Å²) in [5.74, 6) is 0.316. The Bertz CT molecular complexity index is 741. The monoisotopic (exact) mass is 345 g/mol. The molecular weight excluding hydrogens is 325 g/mol. The molecule has 1 aliphatic heterocycles. The number of benzene rings is 1. The number of likely N-dealkylation sites (tertiary alicyclic amines) is 1. The first kappa shape index (κ1) is 17.3. The van der Waals surface area contributed by atoms with Gasteiger partial charge < -0.3 is 14.4 Å². The third-order valence-corrected chi connectivity index (χ3v) is 4.13. The fraction of sp³-hybridized carbons (Fsp3) is 0.389. The van der Waals surface area contributed by atoms with Crippen LogP contribution in [0.4, 0.5) is 4.39 Å². The molecule has 1 atom stereocenters. The van der Waals surface area contributed by atoms with Gasteiger partial charge in [-0.1, -0.05) is 6.07 Å². The van der Waals surface area contributed by atoms with E-state index in [9.17, 15) is 9.18 Å². The molecule has 132 valence electrons. The van der Waals surface area contributed by atoms with Gasteiger partial charge in [0.1, 0.15) is 23.9 Å². The largest absolute Gasteiger partial charge is 0.437 e. The van der Waals surface area contributed by atoms with Crippen LogP contribution in [0.2, 0.25) is 0 Å². The summed E-state index contributed by atoms with van der Waals surface area (Å²) >= 11 is 0. The minimum atomic E-state index is -0.378. The highest BCUT2D eigenvalue weighted by Gasteiger charge is 2.28. The number of hydrogen-bond donors (Lipinski definition) is 0. The normalized spacial score (nSPS) is 17.4. The van der Waals surface area contributed by atoms with E-state index in [0.29, 0.717) is 30.4 Å². The number of carbonyl (C=O) groups excluding carboxylic acids is 1. The van der Waals surface area contributed by atoms with Crippen LogP contribution in [0.1, 0.15) is 24.5 Å². The van der Waals surface area contributed by atoms with Gasteiger partial charge in [0.05, 0.1) is 0 Å². The van der Waals surface area contributed by atoms with Crippen LogP contribution in [0.5, 0.6) is 11.6 Å². The van der Waals surface area contributed by atoms with Crippen molar-refractivity contribution < 1.29 is 18.7 Å². The number of rotatable bonds is 5. The lowest BCUT2D eigenvalue weighted by Crippen LogP contribution is -2.41. The Balaban J connectivity index is 1.79. The molecular formula is C18H20FN3O3. The van der Waals surface area contributed by atoms with Crippen molar-refractivity contribution in [2.75, 3.05) is 26.8 Å². The van der Waals surface area contributed by atoms with Crippen molar-refractivity contribution in [3.05, 3.63) is 48.2 Å². The van der Waals surface area contributed by atoms with Crippen molar-refractivity contribution in [1.29, 1.82) is 0 Å². The zero-order valence-electron chi connectivity index (χ0n) is 14.0. The predicted octanol–water partition coefficient (Wildman–Crippen LogP) is 2.76. The van der Waals surface area contributed by atoms with Crippen LogP contribution in [-0.4, -0.2) is 47.6 Å². The second-order valence-corrected chi connectivity index (χ2v) is 5.92. The first-order valence-electron chi connectivity index (χ1n) is 8.18. The Morgan fingerprint density at radius 1 is 1.36 bits per heavy atom. The Morgan fingerprint density at radius 3 is 3.00 bits per heavy atom. The van der Waals surface area contributed by atoms with E-state index in [0.717, 1.165) is 12.8 Å². The average molecular weight is 345 g/mol. The molecule has 6 nitrogen and oxygen atoms in total. The molecule has 7 heteroatoms. The van der Waals surface area contributed by atoms with Crippen molar-refractivity contribution >= 4 is 5.91 Å². The molecule has 1 aromatic carbocycles. The number of hydrogen-bond acceptors (Lipinski definition) is 5. The maximum absolute atomic E-state index is 13.4. The molecule has 2 heterocycles. The summed E-state index contributed by atoms with van der Waals surface area (Å²) in [4.78, 5) is 22.5. The number of nitrogens with zero attached hydrogens (tertiary/aromatic N) is 3. The lowest BCUT2D eigenvalue weighted by molar-refractivity contribution is -0.136. The van der Waals surface area contributed by atoms with Gasteiger partial charge in [-0.05, 0) is 25.0 Å². The molecule has 25 heavy (non-hydrogen) atoms. The topological polar surface area (TPSA) is 64.5 Å². The Morgan fingerprint density at radius 2 is 2.20 bits per heavy atom. The van der Waals surface area contributed by atoms with Crippen LogP contribution in [0.15, 0.2) is 36.7 Å². The van der Waals surface area contributed by atoms with Gasteiger partial charge in [0.2, 0.25) is 11.8 Å². The molecule has 0 bridgehead atoms. The molecule has 0 aliphatic carbocycles. The maximum Gasteiger partial charge on any atom is 0.248 e. The van der Waals surface area contributed by atoms with Crippen molar-refractivity contribution in [3.63, 3.8) is 0 Å². The summed E-state index contributed by atoms with van der Waals surface area (Å²) in [6.45, 7) is 1.32. The highest BCUT2D eigenvalue weighted by Crippen LogP contribution is 2.32. The zero-order chi connectivity index (χ0) is 17.6. The molecule has 1 aliphatic rings. The fourth-order valence-corrected chi connectivity index (χ4v) is 2.98. The first-order valence-corrected chi connectivity index (χ1v) is 8.18. The number of halogens is 1. The Kier molecular flexibility index (Phi) is 5.55. The molecule has 0 N–H and O–H groups in total. The van der Waals surface area contributed by atoms with Crippen molar-refractivity contribution in [2.45, 2.75) is 18.8 Å². The molecule has 1 fully saturated rings. The average Bonchev–Trinajstić information content (AvgIpc) is 2.62. The molecule has 0 unspecified atom stereocenters. The van der Waals surface area contributed by atoms with Gasteiger partial charge in [0.15, 0.2) is 0 Å². The van der Waals surface area contributed by atoms with E-state index >= 15 is 0 Å². The van der Waals surface area contributed by atoms with E-state index < -0.39 is 0 Å². The summed E-state index contributed by atoms with van der Waals surface area (Å²) in [6, 6.07) is 5.89. The van der Waals surface area contributed by atoms with Crippen molar-refractivity contribution in [1.82, 2.24) is 14.9 Å². The lowest BCUT2D eigenvalue weighted by Gasteiger charge is -2.32. The van der Waals surface area contributed by atoms with Gasteiger partial charge in [0, 0.05) is 44.6 Å². The molecule has 2 aromatic rings. The van der Waals surface area contributed by atoms with Crippen LogP contribution in [0.3, 0.4) is 0 Å². The quantitative estimate of drug-likeness (QED) is 0.834. The SMILES string of the molecule is COCC(=O)N1CCC[C@H](c2nccnc2Oc2cccc(F)c2)C1. The van der Waals surface area contributed by atoms with Gasteiger partial charge in [0.25, 0.3) is 0 Å². The van der Waals surface area contributed by atoms with Crippen LogP contribution in [0, 0.1) is 5.82 Å². The number of ether oxygens (including phenoxy) is 2. The van der Waals surface area contributed by atoms with E-state index in [1.54, 1.807) is 23.2 Å². The number of carbonyl (C=O) groups is 1. The highest BCUT2D eigenvalue weighted by atomic mass is 19.1. The summed E-state index contributed by atoms with van der Waals surface area (Å²) in [7, 11) is 1.51. The minimum Gasteiger partial charge on any atom is -0.437 e. The zero-order valence-corrected chi connectivity index (χ0v) is 14.0. The minimum absolute atomic E-state index is 0.0202. The summed E-state index contributed by atoms with van der Waals surface area (Å²) in [5.41, 5.74) is 0.682. The van der Waals surface area contributed by atoms with Crippen LogP contribution < -0.4 is 4.74 Å². The van der Waals surface area contributed by atoms with Gasteiger partial charge in [-0.25, -0.2) is 9.37 Å². The van der Waals surface area contributed by atoms with Gasteiger partial charge in [-0.15, -0.1) is 0 Å². The molecule has 0 radical (unpaired) electrons. The summed E-state index contributed by atoms with van der Waals surface area (Å²) in [6.07, 6.45) is 4.89. The smallest absolute Gasteiger partial charge is 0.248 e. The van der Waals surface area contributed by atoms with Crippen LogP contribution >= 0.6 is 0 Å². The second kappa shape index (κ2) is 8.02. The van der Waals surface area contributed by atoms with Gasteiger partial charge in [-0.2, -0.15) is 0 Å². The van der Waals surface area contributed by atoms with Gasteiger partial charge >= 0.3 is 0 Å². The molecule has 1 saturated heterocycles. The maximum atomic E-state index is 13.4. The predicted molar refractivity (Wildman–Crippen MR) is 88.9 cm³/mol. The van der Waals surface area contributed by atoms with Crippen molar-refractivity contribution in [3.8, 4) is 11.6 Å². The van der Waals surface area contributed by atoms with Crippen LogP contribution in [0.25, 0.3) is 0 Å². The fourth-order valence-electron chi connectivity index (χ4n) is 2.98. The second-order valence-electron chi connectivity index (χ2n) is 5.92. The molecule has 1 amide bonds. The molecule has 1 aromatic heterocycles. The number of piperidine rings is 1. The van der Waals surface area contributed by atoms with Crippen molar-refractivity contribution in [2.24, 2.45) is 0 Å². The number of aromatic nitrogens is 2. The Hall–Kier alpha value is -2.54. The van der Waals surface area contributed by atoms with E-state index in [-0.39, 0.29) is 24.2 Å². The van der Waals surface area contributed by atoms with Crippen LogP contribution in [-0.2, 0) is 9.53 Å². The molecule has 0 spiro atoms. The standard InChI is InChI=1S/C18H20FN3O3/c1-24-12-16(23)22-9-3-4-13(11-22)17-18(21-8-7-20-17)25-15-6-2-5-14(19)10-15/h2,5-8,10,13H,3-4,9,11-12H2,1H3/t13-/m0/s1. The molecule has 3 rings (SSSR count). The first-order chi connectivity index (χ1) is 12.2. The van der Waals surface area contributed by atoms with E-state index in [2.05, 4.69) is 9.97 Å². The number of methoxy groups -OCH3 is 1. The van der Waals surface area contributed by atoms with E-state index in [4.69, 9.17) is 9.47 Å². The molecule has 0 saturated carbocycles. The van der Waals surface area contributed by atoms with Gasteiger partial charge in [-0.3, -0.25) is 9.78 Å². The van der Waals surface area contributed by atoms with E-state index in [1.165, 1.54) is 25.4 Å². The summed E-state index contributed by atoms with van der Waals surface area (Å²) in [5, 5.41) is 0. The third-order valence-electron chi connectivity index (χ3n) is 4.13. The highest BCUT2D eigenvalue weighted by molar-refractivity contribution is 5.77.